The molecule has 0 unspecified atom stereocenters. The minimum atomic E-state index is -0.159. The molecule has 0 atom stereocenters. The maximum Gasteiger partial charge on any atom is 0.255 e. The van der Waals surface area contributed by atoms with Crippen LogP contribution in [0, 0.1) is 5.92 Å². The Morgan fingerprint density at radius 2 is 1.84 bits per heavy atom. The highest BCUT2D eigenvalue weighted by Gasteiger charge is 2.25. The molecule has 3 aromatic rings. The number of carbonyl (C=O) groups is 1. The summed E-state index contributed by atoms with van der Waals surface area (Å²) in [6.07, 6.45) is 7.89. The smallest absolute Gasteiger partial charge is 0.255 e. The van der Waals surface area contributed by atoms with Crippen molar-refractivity contribution in [1.29, 1.82) is 0 Å². The number of aromatic nitrogens is 2. The van der Waals surface area contributed by atoms with Crippen LogP contribution in [-0.4, -0.2) is 59.1 Å². The van der Waals surface area contributed by atoms with E-state index in [0.29, 0.717) is 46.0 Å². The molecule has 1 fully saturated rings. The summed E-state index contributed by atoms with van der Waals surface area (Å²) in [7, 11) is 4.24. The molecule has 0 spiro atoms. The minimum absolute atomic E-state index is 0.152. The number of phenols is 1. The highest BCUT2D eigenvalue weighted by Crippen LogP contribution is 2.37. The number of pyridine rings is 2. The van der Waals surface area contributed by atoms with E-state index in [1.165, 1.54) is 0 Å². The summed E-state index contributed by atoms with van der Waals surface area (Å²) >= 11 is 12.3. The average Bonchev–Trinajstić information content (AvgIpc) is 2.87. The number of aromatic hydroxyl groups is 1. The van der Waals surface area contributed by atoms with Crippen molar-refractivity contribution < 1.29 is 9.90 Å². The molecule has 9 heteroatoms. The molecule has 198 valence electrons. The largest absolute Gasteiger partial charge is 0.505 e. The number of unbranched alkanes of at least 4 members (excludes halogenated alkanes) is 1. The van der Waals surface area contributed by atoms with E-state index in [-0.39, 0.29) is 27.7 Å². The van der Waals surface area contributed by atoms with Crippen molar-refractivity contribution in [2.45, 2.75) is 51.5 Å². The molecular weight excluding hydrogens is 509 g/mol. The first-order valence-corrected chi connectivity index (χ1v) is 13.7. The number of amides is 1. The number of phenolic OH excluding ortho intramolecular Hbond substituents is 1. The number of anilines is 1. The second kappa shape index (κ2) is 12.3. The van der Waals surface area contributed by atoms with Gasteiger partial charge in [0.25, 0.3) is 5.91 Å². The first kappa shape index (κ1) is 27.4. The summed E-state index contributed by atoms with van der Waals surface area (Å²) in [4.78, 5) is 24.9. The van der Waals surface area contributed by atoms with Crippen molar-refractivity contribution in [1.82, 2.24) is 20.2 Å². The molecule has 1 saturated carbocycles. The van der Waals surface area contributed by atoms with Crippen LogP contribution < -0.4 is 10.6 Å². The maximum atomic E-state index is 13.2. The number of hydrogen-bond acceptors (Lipinski definition) is 6. The molecule has 0 saturated heterocycles. The number of halogens is 2. The number of hydrogen-bond donors (Lipinski definition) is 3. The van der Waals surface area contributed by atoms with E-state index in [2.05, 4.69) is 41.5 Å². The Bertz CT molecular complexity index is 1240. The van der Waals surface area contributed by atoms with E-state index >= 15 is 0 Å². The van der Waals surface area contributed by atoms with E-state index in [0.717, 1.165) is 45.1 Å². The number of nitrogens with zero attached hydrogens (tertiary/aromatic N) is 3. The molecule has 0 radical (unpaired) electrons. The van der Waals surface area contributed by atoms with Crippen molar-refractivity contribution in [3.63, 3.8) is 0 Å². The summed E-state index contributed by atoms with van der Waals surface area (Å²) in [5.74, 6) is 0.370. The van der Waals surface area contributed by atoms with Gasteiger partial charge in [0.05, 0.1) is 32.5 Å². The first-order chi connectivity index (χ1) is 17.8. The summed E-state index contributed by atoms with van der Waals surface area (Å²) < 4.78 is 0. The first-order valence-electron chi connectivity index (χ1n) is 12.9. The van der Waals surface area contributed by atoms with Crippen molar-refractivity contribution >= 4 is 45.8 Å². The van der Waals surface area contributed by atoms with Gasteiger partial charge < -0.3 is 20.6 Å². The van der Waals surface area contributed by atoms with Gasteiger partial charge >= 0.3 is 0 Å². The lowest BCUT2D eigenvalue weighted by Crippen LogP contribution is -2.32. The maximum absolute atomic E-state index is 13.2. The van der Waals surface area contributed by atoms with Gasteiger partial charge in [-0.25, -0.2) is 4.98 Å². The standard InChI is InChI=1S/C28H35Cl2N5O2/c1-4-5-12-31-28(37)20-15-32-24-11-10-23(18-13-21(29)27(36)22(30)14-18)34-26(24)25(20)33-19-8-6-17(7-9-19)16-35(2)3/h10-11,13-15,17,19,36H,4-9,12,16H2,1-3H3,(H,31,37)(H,32,33). The van der Waals surface area contributed by atoms with E-state index in [4.69, 9.17) is 28.2 Å². The predicted octanol–water partition coefficient (Wildman–Crippen LogP) is 6.37. The number of rotatable bonds is 9. The third kappa shape index (κ3) is 6.64. The Kier molecular flexibility index (Phi) is 9.11. The molecule has 1 aliphatic rings. The lowest BCUT2D eigenvalue weighted by atomic mass is 9.85. The van der Waals surface area contributed by atoms with Gasteiger partial charge in [-0.15, -0.1) is 0 Å². The monoisotopic (exact) mass is 543 g/mol. The Hall–Kier alpha value is -2.61. The number of benzene rings is 1. The van der Waals surface area contributed by atoms with Crippen molar-refractivity contribution in [2.24, 2.45) is 5.92 Å². The van der Waals surface area contributed by atoms with Crippen molar-refractivity contribution in [2.75, 3.05) is 32.5 Å². The van der Waals surface area contributed by atoms with Gasteiger partial charge in [-0.05, 0) is 76.4 Å². The fourth-order valence-electron chi connectivity index (χ4n) is 4.94. The van der Waals surface area contributed by atoms with Crippen LogP contribution in [0.5, 0.6) is 5.75 Å². The van der Waals surface area contributed by atoms with E-state index in [9.17, 15) is 9.90 Å². The van der Waals surface area contributed by atoms with Crippen molar-refractivity contribution in [3.8, 4) is 17.0 Å². The highest BCUT2D eigenvalue weighted by atomic mass is 35.5. The molecule has 3 N–H and O–H groups in total. The molecule has 1 aliphatic carbocycles. The minimum Gasteiger partial charge on any atom is -0.505 e. The second-order valence-corrected chi connectivity index (χ2v) is 10.9. The highest BCUT2D eigenvalue weighted by molar-refractivity contribution is 6.37. The number of carbonyl (C=O) groups excluding carboxylic acids is 1. The van der Waals surface area contributed by atoms with Crippen LogP contribution in [0.15, 0.2) is 30.5 Å². The normalized spacial score (nSPS) is 17.8. The second-order valence-electron chi connectivity index (χ2n) is 10.1. The summed E-state index contributed by atoms with van der Waals surface area (Å²) in [5.41, 5.74) is 3.80. The third-order valence-corrected chi connectivity index (χ3v) is 7.48. The van der Waals surface area contributed by atoms with Crippen LogP contribution in [0.25, 0.3) is 22.3 Å². The van der Waals surface area contributed by atoms with E-state index < -0.39 is 0 Å². The zero-order valence-corrected chi connectivity index (χ0v) is 23.2. The van der Waals surface area contributed by atoms with Gasteiger partial charge in [0.1, 0.15) is 5.52 Å². The van der Waals surface area contributed by atoms with Crippen LogP contribution in [0.2, 0.25) is 10.0 Å². The summed E-state index contributed by atoms with van der Waals surface area (Å²) in [6.45, 7) is 3.80. The van der Waals surface area contributed by atoms with Crippen LogP contribution in [-0.2, 0) is 0 Å². The van der Waals surface area contributed by atoms with Crippen molar-refractivity contribution in [3.05, 3.63) is 46.1 Å². The zero-order valence-electron chi connectivity index (χ0n) is 21.7. The topological polar surface area (TPSA) is 90.4 Å². The van der Waals surface area contributed by atoms with E-state index in [1.54, 1.807) is 18.3 Å². The predicted molar refractivity (Wildman–Crippen MR) is 152 cm³/mol. The molecule has 1 amide bonds. The molecule has 0 bridgehead atoms. The van der Waals surface area contributed by atoms with Crippen LogP contribution in [0.4, 0.5) is 5.69 Å². The molecule has 37 heavy (non-hydrogen) atoms. The van der Waals surface area contributed by atoms with Gasteiger partial charge in [0.2, 0.25) is 0 Å². The quantitative estimate of drug-likeness (QED) is 0.271. The SMILES string of the molecule is CCCCNC(=O)c1cnc2ccc(-c3cc(Cl)c(O)c(Cl)c3)nc2c1NC1CCC(CN(C)C)CC1. The van der Waals surface area contributed by atoms with Gasteiger partial charge in [-0.2, -0.15) is 0 Å². The summed E-state index contributed by atoms with van der Waals surface area (Å²) in [6, 6.07) is 7.22. The third-order valence-electron chi connectivity index (χ3n) is 6.90. The molecule has 4 rings (SSSR count). The van der Waals surface area contributed by atoms with Crippen LogP contribution >= 0.6 is 23.2 Å². The van der Waals surface area contributed by atoms with Gasteiger partial charge in [0, 0.05) is 30.9 Å². The molecule has 0 aliphatic heterocycles. The fourth-order valence-corrected chi connectivity index (χ4v) is 5.43. The lowest BCUT2D eigenvalue weighted by Gasteiger charge is -2.31. The lowest BCUT2D eigenvalue weighted by molar-refractivity contribution is 0.0953. The Balaban J connectivity index is 1.71. The van der Waals surface area contributed by atoms with Gasteiger partial charge in [-0.1, -0.05) is 36.5 Å². The Morgan fingerprint density at radius 1 is 1.14 bits per heavy atom. The molecule has 1 aromatic carbocycles. The van der Waals surface area contributed by atoms with Crippen LogP contribution in [0.3, 0.4) is 0 Å². The summed E-state index contributed by atoms with van der Waals surface area (Å²) in [5, 5.41) is 17.0. The van der Waals surface area contributed by atoms with Crippen LogP contribution in [0.1, 0.15) is 55.8 Å². The van der Waals surface area contributed by atoms with Gasteiger partial charge in [-0.3, -0.25) is 9.78 Å². The Morgan fingerprint density at radius 3 is 2.49 bits per heavy atom. The Labute approximate surface area is 228 Å². The van der Waals surface area contributed by atoms with Gasteiger partial charge in [0.15, 0.2) is 5.75 Å². The number of nitrogens with one attached hydrogen (secondary N) is 2. The molecule has 2 aromatic heterocycles. The average molecular weight is 545 g/mol. The molecular formula is C28H35Cl2N5O2. The number of fused-ring (bicyclic) bond motifs is 1. The fraction of sp³-hybridized carbons (Fsp3) is 0.464. The molecule has 7 nitrogen and oxygen atoms in total. The zero-order chi connectivity index (χ0) is 26.5. The molecule has 2 heterocycles. The van der Waals surface area contributed by atoms with E-state index in [1.807, 2.05) is 12.1 Å².